The maximum Gasteiger partial charge on any atom is 0.250 e. The molecule has 2 rings (SSSR count). The molecule has 0 aliphatic carbocycles. The quantitative estimate of drug-likeness (QED) is 0.719. The summed E-state index contributed by atoms with van der Waals surface area (Å²) in [6.07, 6.45) is 1.31. The van der Waals surface area contributed by atoms with Crippen molar-refractivity contribution in [2.75, 3.05) is 33.2 Å². The Morgan fingerprint density at radius 3 is 2.38 bits per heavy atom. The van der Waals surface area contributed by atoms with Crippen molar-refractivity contribution in [1.29, 1.82) is 0 Å². The third-order valence-electron chi connectivity index (χ3n) is 4.08. The molecule has 4 heteroatoms. The van der Waals surface area contributed by atoms with Gasteiger partial charge < -0.3 is 9.80 Å². The Balaban J connectivity index is 1.75. The molecular formula is C12H22F2N2. The fourth-order valence-corrected chi connectivity index (χ4v) is 2.88. The average molecular weight is 232 g/mol. The van der Waals surface area contributed by atoms with Crippen molar-refractivity contribution in [2.45, 2.75) is 38.2 Å². The van der Waals surface area contributed by atoms with Gasteiger partial charge in [-0.2, -0.15) is 0 Å². The van der Waals surface area contributed by atoms with Crippen molar-refractivity contribution in [3.63, 3.8) is 0 Å². The van der Waals surface area contributed by atoms with Gasteiger partial charge in [-0.25, -0.2) is 8.78 Å². The maximum absolute atomic E-state index is 13.0. The average Bonchev–Trinajstić information content (AvgIpc) is 2.50. The van der Waals surface area contributed by atoms with E-state index >= 15 is 0 Å². The first-order valence-electron chi connectivity index (χ1n) is 6.27. The Kier molecular flexibility index (Phi) is 3.50. The molecule has 94 valence electrons. The van der Waals surface area contributed by atoms with E-state index in [1.807, 2.05) is 0 Å². The van der Waals surface area contributed by atoms with Gasteiger partial charge in [0.2, 0.25) is 0 Å². The highest BCUT2D eigenvalue weighted by Crippen LogP contribution is 2.29. The number of hydrogen-bond acceptors (Lipinski definition) is 2. The van der Waals surface area contributed by atoms with Crippen molar-refractivity contribution in [3.8, 4) is 0 Å². The normalized spacial score (nSPS) is 36.8. The minimum atomic E-state index is -2.41. The smallest absolute Gasteiger partial charge is 0.250 e. The van der Waals surface area contributed by atoms with Crippen molar-refractivity contribution in [1.82, 2.24) is 9.80 Å². The van der Waals surface area contributed by atoms with E-state index in [0.29, 0.717) is 25.0 Å². The van der Waals surface area contributed by atoms with Gasteiger partial charge in [0.15, 0.2) is 0 Å². The summed E-state index contributed by atoms with van der Waals surface area (Å²) in [4.78, 5) is 4.58. The van der Waals surface area contributed by atoms with Gasteiger partial charge in [0.05, 0.1) is 0 Å². The van der Waals surface area contributed by atoms with Crippen LogP contribution < -0.4 is 0 Å². The number of halogens is 2. The molecule has 2 aliphatic rings. The van der Waals surface area contributed by atoms with Crippen molar-refractivity contribution in [2.24, 2.45) is 5.92 Å². The molecule has 0 amide bonds. The molecule has 0 aromatic rings. The molecule has 16 heavy (non-hydrogen) atoms. The summed E-state index contributed by atoms with van der Waals surface area (Å²) in [5.41, 5.74) is 0. The van der Waals surface area contributed by atoms with Crippen LogP contribution in [-0.4, -0.2) is 55.0 Å². The monoisotopic (exact) mass is 232 g/mol. The molecule has 2 atom stereocenters. The Bertz CT molecular complexity index is 225. The lowest BCUT2D eigenvalue weighted by atomic mass is 10.0. The van der Waals surface area contributed by atoms with Crippen LogP contribution in [0.2, 0.25) is 0 Å². The third kappa shape index (κ3) is 2.92. The third-order valence-corrected chi connectivity index (χ3v) is 4.08. The summed E-state index contributed by atoms with van der Waals surface area (Å²) in [6.45, 7) is 5.51. The number of nitrogens with zero attached hydrogens (tertiary/aromatic N) is 2. The molecule has 2 nitrogen and oxygen atoms in total. The molecule has 0 N–H and O–H groups in total. The van der Waals surface area contributed by atoms with Gasteiger partial charge in [-0.1, -0.05) is 0 Å². The number of alkyl halides is 2. The van der Waals surface area contributed by atoms with E-state index in [2.05, 4.69) is 23.8 Å². The van der Waals surface area contributed by atoms with Crippen LogP contribution in [0.15, 0.2) is 0 Å². The molecule has 2 heterocycles. The first-order valence-corrected chi connectivity index (χ1v) is 6.27. The van der Waals surface area contributed by atoms with Gasteiger partial charge in [-0.15, -0.1) is 0 Å². The minimum absolute atomic E-state index is 0.0467. The molecule has 0 spiro atoms. The van der Waals surface area contributed by atoms with Gasteiger partial charge in [0.1, 0.15) is 0 Å². The molecule has 0 bridgehead atoms. The standard InChI is InChI=1S/C12H22F2N2/c1-10-7-11(8-15(10)2)9-16-5-3-12(13,14)4-6-16/h10-11H,3-9H2,1-2H3. The molecule has 2 unspecified atom stereocenters. The highest BCUT2D eigenvalue weighted by Gasteiger charge is 2.35. The van der Waals surface area contributed by atoms with Crippen LogP contribution in [0.4, 0.5) is 8.78 Å². The van der Waals surface area contributed by atoms with E-state index in [9.17, 15) is 8.78 Å². The van der Waals surface area contributed by atoms with E-state index < -0.39 is 5.92 Å². The van der Waals surface area contributed by atoms with Gasteiger partial charge in [-0.05, 0) is 26.3 Å². The topological polar surface area (TPSA) is 6.48 Å². The molecular weight excluding hydrogens is 210 g/mol. The van der Waals surface area contributed by atoms with Crippen molar-refractivity contribution < 1.29 is 8.78 Å². The fraction of sp³-hybridized carbons (Fsp3) is 1.00. The molecule has 2 aliphatic heterocycles. The highest BCUT2D eigenvalue weighted by atomic mass is 19.3. The zero-order valence-corrected chi connectivity index (χ0v) is 10.3. The molecule has 0 aromatic carbocycles. The van der Waals surface area contributed by atoms with Crippen LogP contribution in [0, 0.1) is 5.92 Å². The number of likely N-dealkylation sites (tertiary alicyclic amines) is 2. The number of rotatable bonds is 2. The lowest BCUT2D eigenvalue weighted by molar-refractivity contribution is -0.0571. The van der Waals surface area contributed by atoms with Crippen LogP contribution in [0.3, 0.4) is 0 Å². The van der Waals surface area contributed by atoms with Crippen LogP contribution in [0.5, 0.6) is 0 Å². The van der Waals surface area contributed by atoms with E-state index in [0.717, 1.165) is 13.1 Å². The van der Waals surface area contributed by atoms with Crippen LogP contribution in [0.1, 0.15) is 26.2 Å². The second-order valence-corrected chi connectivity index (χ2v) is 5.55. The van der Waals surface area contributed by atoms with Gasteiger partial charge in [-0.3, -0.25) is 0 Å². The predicted octanol–water partition coefficient (Wildman–Crippen LogP) is 2.06. The summed E-state index contributed by atoms with van der Waals surface area (Å²) in [5.74, 6) is -1.73. The summed E-state index contributed by atoms with van der Waals surface area (Å²) >= 11 is 0. The zero-order chi connectivity index (χ0) is 11.8. The van der Waals surface area contributed by atoms with E-state index in [1.165, 1.54) is 6.42 Å². The van der Waals surface area contributed by atoms with Gasteiger partial charge >= 0.3 is 0 Å². The van der Waals surface area contributed by atoms with Crippen LogP contribution in [-0.2, 0) is 0 Å². The Hall–Kier alpha value is -0.220. The largest absolute Gasteiger partial charge is 0.303 e. The summed E-state index contributed by atoms with van der Waals surface area (Å²) < 4.78 is 26.0. The summed E-state index contributed by atoms with van der Waals surface area (Å²) in [7, 11) is 2.15. The Labute approximate surface area is 96.6 Å². The lowest BCUT2D eigenvalue weighted by Crippen LogP contribution is -2.41. The molecule has 2 saturated heterocycles. The molecule has 0 radical (unpaired) electrons. The Morgan fingerprint density at radius 2 is 1.88 bits per heavy atom. The van der Waals surface area contributed by atoms with Gasteiger partial charge in [0, 0.05) is 45.1 Å². The summed E-state index contributed by atoms with van der Waals surface area (Å²) in [5, 5.41) is 0. The van der Waals surface area contributed by atoms with Crippen LogP contribution >= 0.6 is 0 Å². The summed E-state index contributed by atoms with van der Waals surface area (Å²) in [6, 6.07) is 0.649. The first kappa shape index (κ1) is 12.2. The van der Waals surface area contributed by atoms with Gasteiger partial charge in [0.25, 0.3) is 5.92 Å². The molecule has 0 saturated carbocycles. The fourth-order valence-electron chi connectivity index (χ4n) is 2.88. The number of piperidine rings is 1. The molecule has 0 aromatic heterocycles. The van der Waals surface area contributed by atoms with Crippen molar-refractivity contribution in [3.05, 3.63) is 0 Å². The van der Waals surface area contributed by atoms with Crippen LogP contribution in [0.25, 0.3) is 0 Å². The zero-order valence-electron chi connectivity index (χ0n) is 10.3. The molecule has 2 fully saturated rings. The number of hydrogen-bond donors (Lipinski definition) is 0. The van der Waals surface area contributed by atoms with Crippen molar-refractivity contribution >= 4 is 0 Å². The second kappa shape index (κ2) is 4.57. The first-order chi connectivity index (χ1) is 7.46. The van der Waals surface area contributed by atoms with E-state index in [4.69, 9.17) is 0 Å². The predicted molar refractivity (Wildman–Crippen MR) is 60.8 cm³/mol. The minimum Gasteiger partial charge on any atom is -0.303 e. The highest BCUT2D eigenvalue weighted by molar-refractivity contribution is 4.84. The Morgan fingerprint density at radius 1 is 1.25 bits per heavy atom. The van der Waals surface area contributed by atoms with E-state index in [-0.39, 0.29) is 12.8 Å². The second-order valence-electron chi connectivity index (χ2n) is 5.55. The SMILES string of the molecule is CC1CC(CN2CCC(F)(F)CC2)CN1C. The maximum atomic E-state index is 13.0. The van der Waals surface area contributed by atoms with E-state index in [1.54, 1.807) is 0 Å². The lowest BCUT2D eigenvalue weighted by Gasteiger charge is -2.33.